The zero-order chi connectivity index (χ0) is 11.4. The van der Waals surface area contributed by atoms with Crippen LogP contribution in [0, 0.1) is 0 Å². The normalized spacial score (nSPS) is 14.1. The number of carbonyl (C=O) groups is 1. The number of carbonyl (C=O) groups excluding carboxylic acids is 1. The lowest BCUT2D eigenvalue weighted by atomic mass is 10.4. The van der Waals surface area contributed by atoms with Crippen molar-refractivity contribution in [3.8, 4) is 0 Å². The maximum Gasteiger partial charge on any atom is 0.233 e. The number of nitrogens with one attached hydrogen (secondary N) is 1. The second-order valence-corrected chi connectivity index (χ2v) is 6.68. The van der Waals surface area contributed by atoms with Crippen molar-refractivity contribution >= 4 is 31.9 Å². The van der Waals surface area contributed by atoms with E-state index in [9.17, 15) is 13.2 Å². The second-order valence-electron chi connectivity index (χ2n) is 3.01. The summed E-state index contributed by atoms with van der Waals surface area (Å²) in [5.41, 5.74) is 0. The van der Waals surface area contributed by atoms with Crippen molar-refractivity contribution in [2.75, 3.05) is 26.4 Å². The van der Waals surface area contributed by atoms with E-state index in [2.05, 4.69) is 21.2 Å². The first-order valence-electron chi connectivity index (χ1n) is 4.09. The lowest BCUT2D eigenvalue weighted by molar-refractivity contribution is -0.120. The van der Waals surface area contributed by atoms with Gasteiger partial charge in [0.05, 0.1) is 10.6 Å². The van der Waals surface area contributed by atoms with Gasteiger partial charge in [0.15, 0.2) is 0 Å². The van der Waals surface area contributed by atoms with Gasteiger partial charge in [0.2, 0.25) is 15.9 Å². The Morgan fingerprint density at radius 1 is 1.50 bits per heavy atom. The summed E-state index contributed by atoms with van der Waals surface area (Å²) in [5, 5.41) is 2.50. The molecule has 0 aliphatic carbocycles. The van der Waals surface area contributed by atoms with E-state index in [1.54, 1.807) is 6.92 Å². The molecule has 7 heteroatoms. The Hall–Kier alpha value is -0.140. The van der Waals surface area contributed by atoms with E-state index >= 15 is 0 Å². The van der Waals surface area contributed by atoms with Crippen LogP contribution in [-0.4, -0.2) is 49.9 Å². The van der Waals surface area contributed by atoms with E-state index in [1.165, 1.54) is 14.1 Å². The first-order chi connectivity index (χ1) is 6.27. The van der Waals surface area contributed by atoms with Crippen molar-refractivity contribution in [3.05, 3.63) is 0 Å². The molecule has 0 saturated carbocycles. The molecule has 0 radical (unpaired) electrons. The summed E-state index contributed by atoms with van der Waals surface area (Å²) in [6, 6.07) is 0. The van der Waals surface area contributed by atoms with Crippen LogP contribution < -0.4 is 5.32 Å². The van der Waals surface area contributed by atoms with E-state index in [1.807, 2.05) is 0 Å². The molecule has 0 saturated heterocycles. The Morgan fingerprint density at radius 3 is 2.36 bits per heavy atom. The number of alkyl halides is 1. The molecule has 0 aromatic rings. The van der Waals surface area contributed by atoms with Gasteiger partial charge in [0.1, 0.15) is 0 Å². The van der Waals surface area contributed by atoms with Crippen LogP contribution in [-0.2, 0) is 14.8 Å². The highest BCUT2D eigenvalue weighted by molar-refractivity contribution is 9.10. The average molecular weight is 287 g/mol. The Bertz CT molecular complexity index is 287. The molecule has 1 amide bonds. The minimum absolute atomic E-state index is 0.0779. The van der Waals surface area contributed by atoms with Gasteiger partial charge >= 0.3 is 0 Å². The van der Waals surface area contributed by atoms with Gasteiger partial charge in [0.25, 0.3) is 0 Å². The lowest BCUT2D eigenvalue weighted by Gasteiger charge is -2.11. The van der Waals surface area contributed by atoms with Crippen LogP contribution >= 0.6 is 15.9 Å². The van der Waals surface area contributed by atoms with E-state index in [0.717, 1.165) is 4.31 Å². The maximum atomic E-state index is 11.2. The minimum Gasteiger partial charge on any atom is -0.354 e. The standard InChI is InChI=1S/C7H15BrN2O3S/c1-6(8)7(11)9-4-5-14(12,13)10(2)3/h6H,4-5H2,1-3H3,(H,9,11). The number of amides is 1. The third-order valence-corrected chi connectivity index (χ3v) is 3.83. The predicted octanol–water partition coefficient (Wildman–Crippen LogP) is -0.223. The fraction of sp³-hybridized carbons (Fsp3) is 0.857. The van der Waals surface area contributed by atoms with Crippen molar-refractivity contribution in [2.45, 2.75) is 11.8 Å². The molecule has 14 heavy (non-hydrogen) atoms. The maximum absolute atomic E-state index is 11.2. The fourth-order valence-corrected chi connectivity index (χ4v) is 1.51. The first kappa shape index (κ1) is 13.9. The van der Waals surface area contributed by atoms with E-state index < -0.39 is 10.0 Å². The van der Waals surface area contributed by atoms with E-state index in [0.29, 0.717) is 0 Å². The fourth-order valence-electron chi connectivity index (χ4n) is 0.626. The zero-order valence-corrected chi connectivity index (χ0v) is 10.9. The summed E-state index contributed by atoms with van der Waals surface area (Å²) in [4.78, 5) is 10.7. The quantitative estimate of drug-likeness (QED) is 0.711. The van der Waals surface area contributed by atoms with Gasteiger partial charge in [-0.2, -0.15) is 0 Å². The number of rotatable bonds is 5. The molecular weight excluding hydrogens is 272 g/mol. The molecule has 0 aliphatic rings. The monoisotopic (exact) mass is 286 g/mol. The smallest absolute Gasteiger partial charge is 0.233 e. The highest BCUT2D eigenvalue weighted by atomic mass is 79.9. The first-order valence-corrected chi connectivity index (χ1v) is 6.62. The molecule has 0 aliphatic heterocycles. The number of hydrogen-bond acceptors (Lipinski definition) is 3. The van der Waals surface area contributed by atoms with Crippen molar-refractivity contribution in [1.29, 1.82) is 0 Å². The van der Waals surface area contributed by atoms with Crippen LogP contribution in [0.5, 0.6) is 0 Å². The number of nitrogens with zero attached hydrogens (tertiary/aromatic N) is 1. The molecule has 0 bridgehead atoms. The topological polar surface area (TPSA) is 66.5 Å². The summed E-state index contributed by atoms with van der Waals surface area (Å²) in [7, 11) is -0.291. The number of sulfonamides is 1. The Labute approximate surface area is 93.0 Å². The molecule has 84 valence electrons. The molecule has 5 nitrogen and oxygen atoms in total. The zero-order valence-electron chi connectivity index (χ0n) is 8.45. The molecule has 1 unspecified atom stereocenters. The molecule has 0 aromatic heterocycles. The predicted molar refractivity (Wildman–Crippen MR) is 58.9 cm³/mol. The van der Waals surface area contributed by atoms with Crippen LogP contribution in [0.3, 0.4) is 0 Å². The summed E-state index contributed by atoms with van der Waals surface area (Å²) in [5.74, 6) is -0.287. The average Bonchev–Trinajstić information content (AvgIpc) is 2.03. The summed E-state index contributed by atoms with van der Waals surface area (Å²) < 4.78 is 23.6. The van der Waals surface area contributed by atoms with Crippen LogP contribution in [0.4, 0.5) is 0 Å². The van der Waals surface area contributed by atoms with Gasteiger partial charge in [-0.1, -0.05) is 15.9 Å². The Kier molecular flexibility index (Phi) is 5.61. The second kappa shape index (κ2) is 5.67. The Balaban J connectivity index is 3.93. The van der Waals surface area contributed by atoms with Crippen molar-refractivity contribution < 1.29 is 13.2 Å². The summed E-state index contributed by atoms with van der Waals surface area (Å²) in [6.07, 6.45) is 0. The van der Waals surface area contributed by atoms with Crippen LogP contribution in [0.1, 0.15) is 6.92 Å². The largest absolute Gasteiger partial charge is 0.354 e. The van der Waals surface area contributed by atoms with Gasteiger partial charge < -0.3 is 5.32 Å². The van der Waals surface area contributed by atoms with Gasteiger partial charge in [-0.3, -0.25) is 4.79 Å². The Morgan fingerprint density at radius 2 is 2.00 bits per heavy atom. The summed E-state index contributed by atoms with van der Waals surface area (Å²) >= 11 is 3.08. The lowest BCUT2D eigenvalue weighted by Crippen LogP contribution is -2.36. The molecule has 0 heterocycles. The molecule has 0 spiro atoms. The third kappa shape index (κ3) is 4.92. The van der Waals surface area contributed by atoms with Crippen LogP contribution in [0.2, 0.25) is 0 Å². The molecule has 1 N–H and O–H groups in total. The van der Waals surface area contributed by atoms with Gasteiger partial charge in [-0.15, -0.1) is 0 Å². The van der Waals surface area contributed by atoms with Gasteiger partial charge in [-0.05, 0) is 6.92 Å². The molecular formula is C7H15BrN2O3S. The highest BCUT2D eigenvalue weighted by Gasteiger charge is 2.14. The third-order valence-electron chi connectivity index (χ3n) is 1.58. The SMILES string of the molecule is CC(Br)C(=O)NCCS(=O)(=O)N(C)C. The molecule has 1 atom stereocenters. The molecule has 0 rings (SSSR count). The highest BCUT2D eigenvalue weighted by Crippen LogP contribution is 1.96. The number of hydrogen-bond donors (Lipinski definition) is 1. The van der Waals surface area contributed by atoms with Crippen molar-refractivity contribution in [2.24, 2.45) is 0 Å². The van der Waals surface area contributed by atoms with Crippen LogP contribution in [0.15, 0.2) is 0 Å². The number of halogens is 1. The van der Waals surface area contributed by atoms with Gasteiger partial charge in [-0.25, -0.2) is 12.7 Å². The molecule has 0 fully saturated rings. The van der Waals surface area contributed by atoms with E-state index in [4.69, 9.17) is 0 Å². The van der Waals surface area contributed by atoms with Crippen LogP contribution in [0.25, 0.3) is 0 Å². The minimum atomic E-state index is -3.22. The van der Waals surface area contributed by atoms with Gasteiger partial charge in [0, 0.05) is 20.6 Å². The van der Waals surface area contributed by atoms with Crippen molar-refractivity contribution in [1.82, 2.24) is 9.62 Å². The molecule has 0 aromatic carbocycles. The summed E-state index contributed by atoms with van der Waals surface area (Å²) in [6.45, 7) is 1.81. The van der Waals surface area contributed by atoms with Crippen molar-refractivity contribution in [3.63, 3.8) is 0 Å². The van der Waals surface area contributed by atoms with E-state index in [-0.39, 0.29) is 23.0 Å².